The van der Waals surface area contributed by atoms with Gasteiger partial charge in [-0.15, -0.1) is 0 Å². The van der Waals surface area contributed by atoms with Gasteiger partial charge in [0.2, 0.25) is 0 Å². The van der Waals surface area contributed by atoms with E-state index >= 15 is 0 Å². The second kappa shape index (κ2) is 9.86. The summed E-state index contributed by atoms with van der Waals surface area (Å²) in [6.45, 7) is -0.682. The van der Waals surface area contributed by atoms with Gasteiger partial charge < -0.3 is 9.47 Å². The fourth-order valence-corrected chi connectivity index (χ4v) is 4.25. The van der Waals surface area contributed by atoms with E-state index in [1.165, 1.54) is 42.3 Å². The molecule has 1 fully saturated rings. The number of esters is 1. The molecule has 1 saturated carbocycles. The van der Waals surface area contributed by atoms with E-state index in [0.717, 1.165) is 32.1 Å². The smallest absolute Gasteiger partial charge is 0.338 e. The lowest BCUT2D eigenvalue weighted by molar-refractivity contribution is -0.123. The van der Waals surface area contributed by atoms with Gasteiger partial charge in [0.15, 0.2) is 6.61 Å². The highest BCUT2D eigenvalue weighted by Crippen LogP contribution is 2.31. The van der Waals surface area contributed by atoms with Gasteiger partial charge >= 0.3 is 5.97 Å². The summed E-state index contributed by atoms with van der Waals surface area (Å²) >= 11 is 0. The molecule has 9 nitrogen and oxygen atoms in total. The first-order chi connectivity index (χ1) is 16.4. The minimum atomic E-state index is -0.841. The Labute approximate surface area is 196 Å². The number of carbonyl (C=O) groups is 5. The zero-order chi connectivity index (χ0) is 24.2. The van der Waals surface area contributed by atoms with Crippen LogP contribution in [0.25, 0.3) is 0 Å². The fraction of sp³-hybridized carbons (Fsp3) is 0.320. The van der Waals surface area contributed by atoms with E-state index in [2.05, 4.69) is 5.32 Å². The first-order valence-corrected chi connectivity index (χ1v) is 11.1. The van der Waals surface area contributed by atoms with E-state index < -0.39 is 30.3 Å². The number of methoxy groups -OCH3 is 1. The maximum atomic E-state index is 12.9. The molecule has 2 aliphatic rings. The highest BCUT2D eigenvalue weighted by molar-refractivity contribution is 6.22. The van der Waals surface area contributed by atoms with E-state index in [1.807, 2.05) is 0 Å². The molecule has 1 heterocycles. The monoisotopic (exact) mass is 464 g/mol. The molecule has 2 aromatic carbocycles. The summed E-state index contributed by atoms with van der Waals surface area (Å²) in [5, 5.41) is 2.14. The number of hydrogen-bond acceptors (Lipinski definition) is 7. The Kier molecular flexibility index (Phi) is 6.72. The Bertz CT molecular complexity index is 1150. The van der Waals surface area contributed by atoms with Crippen molar-refractivity contribution in [1.29, 1.82) is 0 Å². The summed E-state index contributed by atoms with van der Waals surface area (Å²) in [5.74, 6) is -2.48. The van der Waals surface area contributed by atoms with E-state index in [-0.39, 0.29) is 34.2 Å². The van der Waals surface area contributed by atoms with Crippen molar-refractivity contribution in [3.8, 4) is 5.75 Å². The first kappa shape index (κ1) is 23.2. The van der Waals surface area contributed by atoms with Crippen LogP contribution in [0.15, 0.2) is 42.5 Å². The Morgan fingerprint density at radius 3 is 2.24 bits per heavy atom. The van der Waals surface area contributed by atoms with E-state index in [0.29, 0.717) is 5.75 Å². The summed E-state index contributed by atoms with van der Waals surface area (Å²) in [4.78, 5) is 63.6. The summed E-state index contributed by atoms with van der Waals surface area (Å²) in [7, 11) is 1.49. The van der Waals surface area contributed by atoms with E-state index in [4.69, 9.17) is 9.47 Å². The SMILES string of the molecule is COc1ccc(C(=O)NC(=O)COC(=O)c2ccc3c(c2)C(=O)N(C2CCCCC2)C3=O)cc1. The maximum Gasteiger partial charge on any atom is 0.338 e. The molecule has 176 valence electrons. The lowest BCUT2D eigenvalue weighted by Crippen LogP contribution is -2.40. The highest BCUT2D eigenvalue weighted by atomic mass is 16.5. The van der Waals surface area contributed by atoms with Crippen molar-refractivity contribution in [2.75, 3.05) is 13.7 Å². The quantitative estimate of drug-likeness (QED) is 0.516. The topological polar surface area (TPSA) is 119 Å². The van der Waals surface area contributed by atoms with Crippen LogP contribution in [0, 0.1) is 0 Å². The van der Waals surface area contributed by atoms with Gasteiger partial charge in [0.1, 0.15) is 5.75 Å². The lowest BCUT2D eigenvalue weighted by atomic mass is 9.94. The van der Waals surface area contributed by atoms with Crippen molar-refractivity contribution >= 4 is 29.6 Å². The van der Waals surface area contributed by atoms with Crippen LogP contribution >= 0.6 is 0 Å². The van der Waals surface area contributed by atoms with Crippen LogP contribution in [-0.4, -0.2) is 54.3 Å². The molecule has 4 rings (SSSR count). The number of fused-ring (bicyclic) bond motifs is 1. The average molecular weight is 464 g/mol. The Morgan fingerprint density at radius 1 is 0.912 bits per heavy atom. The molecule has 4 amide bonds. The Hall–Kier alpha value is -4.01. The molecule has 0 aromatic heterocycles. The standard InChI is InChI=1S/C25H24N2O7/c1-33-18-10-7-15(8-11-18)22(29)26-21(28)14-34-25(32)16-9-12-19-20(13-16)24(31)27(23(19)30)17-5-3-2-4-6-17/h7-13,17H,2-6,14H2,1H3,(H,26,28,29). The molecule has 2 aromatic rings. The van der Waals surface area contributed by atoms with Gasteiger partial charge in [0, 0.05) is 11.6 Å². The Balaban J connectivity index is 1.36. The summed E-state index contributed by atoms with van der Waals surface area (Å²) in [6.07, 6.45) is 4.60. The molecular weight excluding hydrogens is 440 g/mol. The van der Waals surface area contributed by atoms with E-state index in [1.54, 1.807) is 12.1 Å². The molecule has 0 spiro atoms. The van der Waals surface area contributed by atoms with Gasteiger partial charge in [0.25, 0.3) is 23.6 Å². The third kappa shape index (κ3) is 4.68. The van der Waals surface area contributed by atoms with Crippen molar-refractivity contribution in [1.82, 2.24) is 10.2 Å². The second-order valence-electron chi connectivity index (χ2n) is 8.21. The largest absolute Gasteiger partial charge is 0.497 e. The predicted molar refractivity (Wildman–Crippen MR) is 120 cm³/mol. The maximum absolute atomic E-state index is 12.9. The number of benzene rings is 2. The Morgan fingerprint density at radius 2 is 1.56 bits per heavy atom. The van der Waals surface area contributed by atoms with Gasteiger partial charge in [-0.2, -0.15) is 0 Å². The van der Waals surface area contributed by atoms with Crippen LogP contribution in [-0.2, 0) is 9.53 Å². The number of nitrogens with one attached hydrogen (secondary N) is 1. The summed E-state index contributed by atoms with van der Waals surface area (Å²) < 4.78 is 10.0. The van der Waals surface area contributed by atoms with Gasteiger partial charge in [-0.1, -0.05) is 19.3 Å². The second-order valence-corrected chi connectivity index (χ2v) is 8.21. The van der Waals surface area contributed by atoms with Gasteiger partial charge in [-0.25, -0.2) is 4.79 Å². The number of imide groups is 2. The number of amides is 4. The number of ether oxygens (including phenoxy) is 2. The molecule has 34 heavy (non-hydrogen) atoms. The average Bonchev–Trinajstić information content (AvgIpc) is 3.12. The number of carbonyl (C=O) groups excluding carboxylic acids is 5. The van der Waals surface area contributed by atoms with Crippen molar-refractivity contribution in [2.45, 2.75) is 38.1 Å². The molecular formula is C25H24N2O7. The number of nitrogens with zero attached hydrogens (tertiary/aromatic N) is 1. The van der Waals surface area contributed by atoms with E-state index in [9.17, 15) is 24.0 Å². The van der Waals surface area contributed by atoms with Crippen LogP contribution in [0.3, 0.4) is 0 Å². The molecule has 1 aliphatic carbocycles. The van der Waals surface area contributed by atoms with Crippen molar-refractivity contribution < 1.29 is 33.4 Å². The molecule has 9 heteroatoms. The van der Waals surface area contributed by atoms with Crippen molar-refractivity contribution in [2.24, 2.45) is 0 Å². The third-order valence-electron chi connectivity index (χ3n) is 6.03. The first-order valence-electron chi connectivity index (χ1n) is 11.1. The predicted octanol–water partition coefficient (Wildman–Crippen LogP) is 2.74. The number of rotatable bonds is 6. The van der Waals surface area contributed by atoms with Crippen LogP contribution in [0.5, 0.6) is 5.75 Å². The lowest BCUT2D eigenvalue weighted by Gasteiger charge is -2.29. The zero-order valence-electron chi connectivity index (χ0n) is 18.7. The number of hydrogen-bond donors (Lipinski definition) is 1. The van der Waals surface area contributed by atoms with Gasteiger partial charge in [0.05, 0.1) is 23.8 Å². The highest BCUT2D eigenvalue weighted by Gasteiger charge is 2.40. The van der Waals surface area contributed by atoms with Crippen LogP contribution in [0.2, 0.25) is 0 Å². The molecule has 0 saturated heterocycles. The normalized spacial score (nSPS) is 15.6. The molecule has 1 aliphatic heterocycles. The molecule has 0 radical (unpaired) electrons. The molecule has 0 atom stereocenters. The zero-order valence-corrected chi connectivity index (χ0v) is 18.7. The minimum absolute atomic E-state index is 0.0414. The molecule has 0 bridgehead atoms. The molecule has 0 unspecified atom stereocenters. The third-order valence-corrected chi connectivity index (χ3v) is 6.03. The summed E-state index contributed by atoms with van der Waals surface area (Å²) in [5.41, 5.74) is 0.698. The van der Waals surface area contributed by atoms with Crippen LogP contribution < -0.4 is 10.1 Å². The molecule has 1 N–H and O–H groups in total. The van der Waals surface area contributed by atoms with Crippen LogP contribution in [0.4, 0.5) is 0 Å². The van der Waals surface area contributed by atoms with Gasteiger partial charge in [-0.05, 0) is 55.3 Å². The van der Waals surface area contributed by atoms with Gasteiger partial charge in [-0.3, -0.25) is 29.4 Å². The van der Waals surface area contributed by atoms with Crippen LogP contribution in [0.1, 0.15) is 73.5 Å². The summed E-state index contributed by atoms with van der Waals surface area (Å²) in [6, 6.07) is 10.2. The van der Waals surface area contributed by atoms with Crippen molar-refractivity contribution in [3.05, 3.63) is 64.7 Å². The minimum Gasteiger partial charge on any atom is -0.497 e. The van der Waals surface area contributed by atoms with Crippen molar-refractivity contribution in [3.63, 3.8) is 0 Å². The fourth-order valence-electron chi connectivity index (χ4n) is 4.25.